The minimum Gasteiger partial charge on any atom is -0.316 e. The van der Waals surface area contributed by atoms with E-state index >= 15 is 0 Å². The van der Waals surface area contributed by atoms with E-state index in [0.29, 0.717) is 11.2 Å². The van der Waals surface area contributed by atoms with Crippen molar-refractivity contribution in [3.63, 3.8) is 0 Å². The summed E-state index contributed by atoms with van der Waals surface area (Å²) >= 11 is 5.73. The van der Waals surface area contributed by atoms with Crippen LogP contribution in [0, 0.1) is 10.6 Å². The molecular weight excluding hydrogens is 347 g/mol. The summed E-state index contributed by atoms with van der Waals surface area (Å²) in [5.41, 5.74) is 2.03. The lowest BCUT2D eigenvalue weighted by Crippen LogP contribution is -3.09. The Morgan fingerprint density at radius 1 is 1.00 bits per heavy atom. The highest BCUT2D eigenvalue weighted by molar-refractivity contribution is 7.71. The van der Waals surface area contributed by atoms with E-state index in [4.69, 9.17) is 17.3 Å². The number of hydrogen-bond donors (Lipinski definition) is 1. The fraction of sp³-hybridized carbons (Fsp3) is 0.300. The first-order chi connectivity index (χ1) is 12.7. The number of aromatic nitrogens is 3. The summed E-state index contributed by atoms with van der Waals surface area (Å²) in [7, 11) is 0. The first-order valence-electron chi connectivity index (χ1n) is 9.03. The van der Waals surface area contributed by atoms with Crippen LogP contribution in [-0.4, -0.2) is 27.4 Å². The molecule has 4 rings (SSSR count). The third-order valence-electron chi connectivity index (χ3n) is 4.88. The zero-order valence-corrected chi connectivity index (χ0v) is 15.4. The molecule has 0 spiro atoms. The minimum absolute atomic E-state index is 0.251. The number of hydrogen-bond acceptors (Lipinski definition) is 2. The number of nitrogens with zero attached hydrogens (tertiary/aromatic N) is 3. The Morgan fingerprint density at radius 3 is 2.38 bits per heavy atom. The molecule has 0 atom stereocenters. The third-order valence-corrected chi connectivity index (χ3v) is 5.27. The van der Waals surface area contributed by atoms with Gasteiger partial charge in [-0.25, -0.2) is 4.39 Å². The molecule has 1 fully saturated rings. The molecule has 134 valence electrons. The molecule has 0 bridgehead atoms. The Kier molecular flexibility index (Phi) is 4.95. The van der Waals surface area contributed by atoms with Gasteiger partial charge in [0.25, 0.3) is 0 Å². The van der Waals surface area contributed by atoms with Crippen LogP contribution in [0.25, 0.3) is 5.69 Å². The molecule has 0 aliphatic carbocycles. The minimum atomic E-state index is -0.251. The standard InChI is InChI=1S/C20H21FN4S/c21-17-8-10-18(11-9-17)25-19(14-16-6-2-1-3-7-16)22-24(20(25)26)15-23-12-4-5-13-23/h1-3,6-11H,4-5,12-15H2/p+1. The highest BCUT2D eigenvalue weighted by atomic mass is 32.1. The SMILES string of the molecule is Fc1ccc(-n2c(Cc3ccccc3)nn(C[NH+]3CCCC3)c2=S)cc1. The number of benzene rings is 2. The average molecular weight is 369 g/mol. The maximum atomic E-state index is 13.4. The second kappa shape index (κ2) is 7.51. The molecule has 0 radical (unpaired) electrons. The van der Waals surface area contributed by atoms with Gasteiger partial charge in [0.1, 0.15) is 11.6 Å². The smallest absolute Gasteiger partial charge is 0.207 e. The van der Waals surface area contributed by atoms with E-state index in [1.54, 1.807) is 12.1 Å². The van der Waals surface area contributed by atoms with Gasteiger partial charge in [-0.3, -0.25) is 4.57 Å². The van der Waals surface area contributed by atoms with E-state index < -0.39 is 0 Å². The highest BCUT2D eigenvalue weighted by Crippen LogP contribution is 2.16. The molecule has 6 heteroatoms. The molecule has 1 aromatic heterocycles. The van der Waals surface area contributed by atoms with Crippen LogP contribution < -0.4 is 4.90 Å². The van der Waals surface area contributed by atoms with Gasteiger partial charge in [0.05, 0.1) is 13.1 Å². The zero-order chi connectivity index (χ0) is 17.9. The van der Waals surface area contributed by atoms with Crippen molar-refractivity contribution >= 4 is 12.2 Å². The van der Waals surface area contributed by atoms with Crippen molar-refractivity contribution in [2.45, 2.75) is 25.9 Å². The van der Waals surface area contributed by atoms with Crippen molar-refractivity contribution in [1.82, 2.24) is 14.3 Å². The van der Waals surface area contributed by atoms with Crippen molar-refractivity contribution < 1.29 is 9.29 Å². The summed E-state index contributed by atoms with van der Waals surface area (Å²) in [5, 5.41) is 4.83. The molecule has 3 aromatic rings. The molecule has 1 aliphatic heterocycles. The second-order valence-electron chi connectivity index (χ2n) is 6.79. The quantitative estimate of drug-likeness (QED) is 0.700. The normalized spacial score (nSPS) is 14.8. The van der Waals surface area contributed by atoms with Gasteiger partial charge in [-0.2, -0.15) is 9.78 Å². The largest absolute Gasteiger partial charge is 0.316 e. The van der Waals surface area contributed by atoms with Gasteiger partial charge in [-0.1, -0.05) is 30.3 Å². The van der Waals surface area contributed by atoms with Crippen LogP contribution >= 0.6 is 12.2 Å². The van der Waals surface area contributed by atoms with E-state index in [2.05, 4.69) is 12.1 Å². The van der Waals surface area contributed by atoms with Gasteiger partial charge in [-0.15, -0.1) is 0 Å². The maximum absolute atomic E-state index is 13.4. The molecule has 1 aliphatic rings. The van der Waals surface area contributed by atoms with Crippen LogP contribution in [0.2, 0.25) is 0 Å². The fourth-order valence-corrected chi connectivity index (χ4v) is 3.86. The summed E-state index contributed by atoms with van der Waals surface area (Å²) in [6, 6.07) is 16.7. The van der Waals surface area contributed by atoms with E-state index in [0.717, 1.165) is 18.2 Å². The van der Waals surface area contributed by atoms with Crippen LogP contribution in [0.15, 0.2) is 54.6 Å². The van der Waals surface area contributed by atoms with Crippen molar-refractivity contribution in [2.24, 2.45) is 0 Å². The van der Waals surface area contributed by atoms with Crippen LogP contribution in [0.5, 0.6) is 0 Å². The Labute approximate surface area is 157 Å². The van der Waals surface area contributed by atoms with Crippen molar-refractivity contribution in [2.75, 3.05) is 13.1 Å². The zero-order valence-electron chi connectivity index (χ0n) is 14.6. The summed E-state index contributed by atoms with van der Waals surface area (Å²) < 4.78 is 17.9. The second-order valence-corrected chi connectivity index (χ2v) is 7.15. The van der Waals surface area contributed by atoms with E-state index in [-0.39, 0.29) is 5.82 Å². The van der Waals surface area contributed by atoms with Crippen molar-refractivity contribution in [1.29, 1.82) is 0 Å². The lowest BCUT2D eigenvalue weighted by atomic mass is 10.1. The number of rotatable bonds is 5. The molecule has 2 aromatic carbocycles. The molecule has 0 unspecified atom stereocenters. The monoisotopic (exact) mass is 369 g/mol. The lowest BCUT2D eigenvalue weighted by Gasteiger charge is -2.11. The van der Waals surface area contributed by atoms with E-state index in [1.165, 1.54) is 48.5 Å². The highest BCUT2D eigenvalue weighted by Gasteiger charge is 2.19. The van der Waals surface area contributed by atoms with Gasteiger partial charge in [0, 0.05) is 24.9 Å². The Morgan fingerprint density at radius 2 is 1.69 bits per heavy atom. The molecule has 26 heavy (non-hydrogen) atoms. The fourth-order valence-electron chi connectivity index (χ4n) is 3.54. The summed E-state index contributed by atoms with van der Waals surface area (Å²) in [5.74, 6) is 0.630. The average Bonchev–Trinajstić information content (AvgIpc) is 3.26. The summed E-state index contributed by atoms with van der Waals surface area (Å²) in [4.78, 5) is 1.51. The molecular formula is C20H22FN4S+. The van der Waals surface area contributed by atoms with Gasteiger partial charge in [-0.05, 0) is 42.0 Å². The van der Waals surface area contributed by atoms with Crippen molar-refractivity contribution in [3.05, 3.63) is 76.6 Å². The Balaban J connectivity index is 1.74. The van der Waals surface area contributed by atoms with Gasteiger partial charge in [0.2, 0.25) is 4.77 Å². The van der Waals surface area contributed by atoms with Crippen LogP contribution in [0.4, 0.5) is 4.39 Å². The van der Waals surface area contributed by atoms with Crippen LogP contribution in [0.1, 0.15) is 24.2 Å². The van der Waals surface area contributed by atoms with Crippen LogP contribution in [0.3, 0.4) is 0 Å². The summed E-state index contributed by atoms with van der Waals surface area (Å²) in [6.45, 7) is 3.12. The predicted molar refractivity (Wildman–Crippen MR) is 102 cm³/mol. The lowest BCUT2D eigenvalue weighted by molar-refractivity contribution is -0.911. The van der Waals surface area contributed by atoms with E-state index in [1.807, 2.05) is 27.4 Å². The topological polar surface area (TPSA) is 27.2 Å². The van der Waals surface area contributed by atoms with Gasteiger partial charge >= 0.3 is 0 Å². The molecule has 1 N–H and O–H groups in total. The molecule has 0 amide bonds. The Hall–Kier alpha value is -2.31. The van der Waals surface area contributed by atoms with Gasteiger partial charge in [0.15, 0.2) is 6.67 Å². The third kappa shape index (κ3) is 3.61. The van der Waals surface area contributed by atoms with E-state index in [9.17, 15) is 4.39 Å². The molecule has 2 heterocycles. The Bertz CT molecular complexity index is 925. The number of quaternary nitrogens is 1. The molecule has 0 saturated carbocycles. The first-order valence-corrected chi connectivity index (χ1v) is 9.44. The number of halogens is 1. The molecule has 4 nitrogen and oxygen atoms in total. The summed E-state index contributed by atoms with van der Waals surface area (Å²) in [6.07, 6.45) is 3.21. The maximum Gasteiger partial charge on any atom is 0.207 e. The van der Waals surface area contributed by atoms with Crippen molar-refractivity contribution in [3.8, 4) is 5.69 Å². The number of nitrogens with one attached hydrogen (secondary N) is 1. The first kappa shape index (κ1) is 17.1. The van der Waals surface area contributed by atoms with Crippen LogP contribution in [-0.2, 0) is 13.1 Å². The van der Waals surface area contributed by atoms with Gasteiger partial charge < -0.3 is 4.90 Å². The predicted octanol–water partition coefficient (Wildman–Crippen LogP) is 2.77. The number of likely N-dealkylation sites (tertiary alicyclic amines) is 1. The molecule has 1 saturated heterocycles.